The first kappa shape index (κ1) is 79.9. The molecule has 38 heavy (non-hydrogen) atoms. The molecule has 0 radical (unpaired) electrons. The van der Waals surface area contributed by atoms with E-state index in [1.165, 1.54) is 6.42 Å². The van der Waals surface area contributed by atoms with E-state index in [9.17, 15) is 57.4 Å². The van der Waals surface area contributed by atoms with Crippen LogP contribution in [0.2, 0.25) is 0 Å². The van der Waals surface area contributed by atoms with Crippen LogP contribution in [0.3, 0.4) is 0 Å². The smallest absolute Gasteiger partial charge is 0.811 e. The van der Waals surface area contributed by atoms with Gasteiger partial charge in [-0.25, -0.2) is 0 Å². The van der Waals surface area contributed by atoms with Gasteiger partial charge in [0.15, 0.2) is 0 Å². The maximum Gasteiger partial charge on any atom is 1.00 e. The number of rotatable bonds is 13. The summed E-state index contributed by atoms with van der Waals surface area (Å²) in [6.07, 6.45) is -0.471. The Morgan fingerprint density at radius 3 is 0.868 bits per heavy atom. The molecule has 0 amide bonds. The van der Waals surface area contributed by atoms with Crippen molar-refractivity contribution in [2.75, 3.05) is 37.7 Å². The Morgan fingerprint density at radius 1 is 0.474 bits per heavy atom. The predicted molar refractivity (Wildman–Crippen MR) is 96.4 cm³/mol. The molecule has 14 nitrogen and oxygen atoms in total. The molecule has 0 aliphatic carbocycles. The fraction of sp³-hybridized carbons (Fsp3) is 0.917. The first-order chi connectivity index (χ1) is 13.3. The minimum Gasteiger partial charge on any atom is -0.811 e. The Kier molecular flexibility index (Phi) is 106. The minimum atomic E-state index is -4.65. The largest absolute Gasteiger partial charge is 1.00 e. The van der Waals surface area contributed by atoms with Gasteiger partial charge in [-0.15, -0.1) is 0 Å². The van der Waals surface area contributed by atoms with Crippen LogP contribution in [-0.4, -0.2) is 44.5 Å². The van der Waals surface area contributed by atoms with Crippen molar-refractivity contribution in [1.29, 1.82) is 0 Å². The standard InChI is InChI=1S/C6H14N2.2C3H10O6P2.8K/c1-8-6-4-2-3-5-7;2*4-10(5,6)2-1-3-11(7,8)9;;;;;;;;/h1-7H2;2*1-3H2,(H2,4,5,6)(H2,7,8,9);;;;;;;;/q;;;8*+1/p-8. The minimum absolute atomic E-state index is 0. The molecule has 0 aliphatic heterocycles. The van der Waals surface area contributed by atoms with Crippen LogP contribution in [0.1, 0.15) is 32.1 Å². The summed E-state index contributed by atoms with van der Waals surface area (Å²) < 4.78 is 39.6. The van der Waals surface area contributed by atoms with E-state index in [0.717, 1.165) is 25.9 Å². The quantitative estimate of drug-likeness (QED) is 0.0782. The van der Waals surface area contributed by atoms with Gasteiger partial charge in [-0.05, 0) is 63.6 Å². The zero-order chi connectivity index (χ0) is 24.5. The number of hydrogen-bond acceptors (Lipinski definition) is 14. The Hall–Kier alpha value is 13.3. The van der Waals surface area contributed by atoms with Crippen LogP contribution >= 0.6 is 30.4 Å². The second-order valence-corrected chi connectivity index (χ2v) is 12.5. The van der Waals surface area contributed by atoms with Crippen molar-refractivity contribution in [3.05, 3.63) is 0 Å². The van der Waals surface area contributed by atoms with E-state index < -0.39 is 67.9 Å². The molecule has 184 valence electrons. The molecule has 0 aromatic carbocycles. The zero-order valence-electron chi connectivity index (χ0n) is 24.2. The molecule has 0 saturated carbocycles. The van der Waals surface area contributed by atoms with Crippen molar-refractivity contribution in [2.24, 2.45) is 10.7 Å². The molecule has 0 unspecified atom stereocenters. The van der Waals surface area contributed by atoms with Crippen molar-refractivity contribution in [2.45, 2.75) is 32.1 Å². The van der Waals surface area contributed by atoms with Gasteiger partial charge in [0.2, 0.25) is 0 Å². The van der Waals surface area contributed by atoms with Crippen molar-refractivity contribution < 1.29 is 468 Å². The maximum atomic E-state index is 9.90. The van der Waals surface area contributed by atoms with E-state index in [1.54, 1.807) is 0 Å². The average Bonchev–Trinajstić information content (AvgIpc) is 2.47. The molecule has 0 heterocycles. The second kappa shape index (κ2) is 50.3. The van der Waals surface area contributed by atoms with Crippen LogP contribution < -0.4 is 456 Å². The number of nitrogens with zero attached hydrogens (tertiary/aromatic N) is 1. The maximum absolute atomic E-state index is 9.90. The molecule has 26 heteroatoms. The van der Waals surface area contributed by atoms with Crippen LogP contribution in [0.15, 0.2) is 4.99 Å². The molecular weight excluding hydrogens is 801 g/mol. The van der Waals surface area contributed by atoms with E-state index in [4.69, 9.17) is 5.73 Å². The van der Waals surface area contributed by atoms with E-state index in [1.807, 2.05) is 0 Å². The summed E-state index contributed by atoms with van der Waals surface area (Å²) in [5.74, 6) is 0. The van der Waals surface area contributed by atoms with Gasteiger partial charge in [0, 0.05) is 6.54 Å². The van der Waals surface area contributed by atoms with Gasteiger partial charge in [0.25, 0.3) is 0 Å². The van der Waals surface area contributed by atoms with Gasteiger partial charge in [0.1, 0.15) is 0 Å². The molecule has 0 atom stereocenters. The fourth-order valence-electron chi connectivity index (χ4n) is 1.46. The van der Waals surface area contributed by atoms with Gasteiger partial charge in [-0.2, -0.15) is 0 Å². The van der Waals surface area contributed by atoms with Crippen molar-refractivity contribution >= 4 is 37.1 Å². The van der Waals surface area contributed by atoms with Gasteiger partial charge >= 0.3 is 411 Å². The zero-order valence-corrected chi connectivity index (χ0v) is 52.8. The number of unbranched alkanes of at least 4 members (excludes halogenated alkanes) is 2. The topological polar surface area (TPSA) is 291 Å². The predicted octanol–water partition coefficient (Wildman–Crippen LogP) is -28.7. The van der Waals surface area contributed by atoms with Crippen molar-refractivity contribution in [3.8, 4) is 0 Å². The molecule has 0 fully saturated rings. The molecular formula is C12H26K8N2O12P4. The average molecular weight is 827 g/mol. The summed E-state index contributed by atoms with van der Waals surface area (Å²) in [6, 6.07) is 0. The fourth-order valence-corrected chi connectivity index (χ4v) is 4.14. The summed E-state index contributed by atoms with van der Waals surface area (Å²) >= 11 is 0. The monoisotopic (exact) mass is 826 g/mol. The molecule has 0 saturated heterocycles. The first-order valence-electron chi connectivity index (χ1n) is 8.50. The van der Waals surface area contributed by atoms with Gasteiger partial charge < -0.3 is 68.1 Å². The Morgan fingerprint density at radius 2 is 0.711 bits per heavy atom. The van der Waals surface area contributed by atoms with E-state index in [-0.39, 0.29) is 411 Å². The van der Waals surface area contributed by atoms with E-state index in [0.29, 0.717) is 0 Å². The summed E-state index contributed by atoms with van der Waals surface area (Å²) in [5, 5.41) is 0. The first-order valence-corrected chi connectivity index (χ1v) is 15.4. The van der Waals surface area contributed by atoms with Crippen LogP contribution in [0.4, 0.5) is 0 Å². The van der Waals surface area contributed by atoms with Crippen molar-refractivity contribution in [1.82, 2.24) is 0 Å². The Labute approximate surface area is 567 Å². The SMILES string of the molecule is C=NCCCCCN.O=P([O-])([O-])CCCP(=O)([O-])[O-].O=P([O-])([O-])CCCP(=O)([O-])[O-].[K+].[K+].[K+].[K+].[K+].[K+].[K+].[K+]. The molecule has 2 N–H and O–H groups in total. The molecule has 0 aliphatic rings. The molecule has 0 spiro atoms. The normalized spacial score (nSPS) is 9.71. The number of aliphatic imine (C=N–C) groups is 1. The summed E-state index contributed by atoms with van der Waals surface area (Å²) in [6.45, 7) is 5.07. The third-order valence-electron chi connectivity index (χ3n) is 2.75. The van der Waals surface area contributed by atoms with Gasteiger partial charge in [-0.1, -0.05) is 36.8 Å². The van der Waals surface area contributed by atoms with E-state index in [2.05, 4.69) is 11.7 Å². The Balaban J connectivity index is -0.0000000292. The molecule has 0 aromatic heterocycles. The van der Waals surface area contributed by atoms with Crippen LogP contribution in [0.5, 0.6) is 0 Å². The van der Waals surface area contributed by atoms with E-state index >= 15 is 0 Å². The third kappa shape index (κ3) is 97.8. The summed E-state index contributed by atoms with van der Waals surface area (Å²) in [4.78, 5) is 82.9. The second-order valence-electron chi connectivity index (χ2n) is 5.84. The summed E-state index contributed by atoms with van der Waals surface area (Å²) in [5.41, 5.74) is 5.26. The third-order valence-corrected chi connectivity index (χ3v) is 6.20. The number of hydrogen-bond donors (Lipinski definition) is 1. The van der Waals surface area contributed by atoms with Gasteiger partial charge in [-0.3, -0.25) is 0 Å². The number of nitrogens with two attached hydrogens (primary N) is 1. The van der Waals surface area contributed by atoms with Crippen LogP contribution in [0, 0.1) is 0 Å². The van der Waals surface area contributed by atoms with Crippen LogP contribution in [0.25, 0.3) is 0 Å². The summed E-state index contributed by atoms with van der Waals surface area (Å²) in [7, 11) is -18.6. The molecule has 0 bridgehead atoms. The van der Waals surface area contributed by atoms with Gasteiger partial charge in [0.05, 0.1) is 0 Å². The van der Waals surface area contributed by atoms with Crippen molar-refractivity contribution in [3.63, 3.8) is 0 Å². The van der Waals surface area contributed by atoms with Crippen LogP contribution in [-0.2, 0) is 18.3 Å². The molecule has 0 rings (SSSR count). The molecule has 0 aromatic rings. The Bertz CT molecular complexity index is 561.